The minimum Gasteiger partial charge on any atom is -0.366 e. The van der Waals surface area contributed by atoms with Gasteiger partial charge in [0, 0.05) is 25.0 Å². The van der Waals surface area contributed by atoms with E-state index in [2.05, 4.69) is 50.4 Å². The van der Waals surface area contributed by atoms with Crippen LogP contribution in [0.3, 0.4) is 0 Å². The molecule has 90 valence electrons. The lowest BCUT2D eigenvalue weighted by Crippen LogP contribution is -2.19. The Balaban J connectivity index is 2.64. The molecular weight excluding hydrogens is 288 g/mol. The first-order valence-electron chi connectivity index (χ1n) is 5.22. The molecule has 1 aromatic heterocycles. The number of aromatic nitrogens is 2. The zero-order valence-electron chi connectivity index (χ0n) is 9.75. The van der Waals surface area contributed by atoms with E-state index < -0.39 is 0 Å². The van der Waals surface area contributed by atoms with Gasteiger partial charge in [0.25, 0.3) is 0 Å². The molecular formula is C10H17BrN4S. The van der Waals surface area contributed by atoms with E-state index in [9.17, 15) is 0 Å². The Hall–Kier alpha value is -0.490. The third-order valence-electron chi connectivity index (χ3n) is 1.92. The predicted octanol–water partition coefficient (Wildman–Crippen LogP) is 2.83. The maximum Gasteiger partial charge on any atom is 0.224 e. The lowest BCUT2D eigenvalue weighted by Gasteiger charge is -2.15. The lowest BCUT2D eigenvalue weighted by atomic mass is 10.4. The molecule has 4 nitrogen and oxygen atoms in total. The van der Waals surface area contributed by atoms with Gasteiger partial charge in [0.15, 0.2) is 0 Å². The van der Waals surface area contributed by atoms with Crippen LogP contribution in [0.2, 0.25) is 0 Å². The van der Waals surface area contributed by atoms with Crippen LogP contribution in [0.5, 0.6) is 0 Å². The molecule has 16 heavy (non-hydrogen) atoms. The van der Waals surface area contributed by atoms with Crippen molar-refractivity contribution in [1.29, 1.82) is 0 Å². The van der Waals surface area contributed by atoms with Crippen LogP contribution >= 0.6 is 27.7 Å². The molecule has 0 aromatic carbocycles. The zero-order chi connectivity index (χ0) is 12.0. The molecule has 1 unspecified atom stereocenters. The highest BCUT2D eigenvalue weighted by atomic mass is 79.9. The van der Waals surface area contributed by atoms with Crippen LogP contribution in [-0.2, 0) is 0 Å². The molecule has 0 saturated carbocycles. The van der Waals surface area contributed by atoms with Crippen molar-refractivity contribution in [3.05, 3.63) is 10.7 Å². The summed E-state index contributed by atoms with van der Waals surface area (Å²) < 4.78 is 0.889. The number of nitrogens with one attached hydrogen (secondary N) is 2. The topological polar surface area (TPSA) is 49.8 Å². The molecule has 1 heterocycles. The summed E-state index contributed by atoms with van der Waals surface area (Å²) in [7, 11) is 1.81. The van der Waals surface area contributed by atoms with Gasteiger partial charge in [-0.25, -0.2) is 4.98 Å². The number of thioether (sulfide) groups is 1. The summed E-state index contributed by atoms with van der Waals surface area (Å²) in [5.74, 6) is 3.67. The molecule has 0 fully saturated rings. The highest BCUT2D eigenvalue weighted by Gasteiger charge is 2.07. The smallest absolute Gasteiger partial charge is 0.224 e. The second kappa shape index (κ2) is 6.96. The molecule has 0 aliphatic carbocycles. The fourth-order valence-electron chi connectivity index (χ4n) is 1.16. The van der Waals surface area contributed by atoms with Gasteiger partial charge in [-0.15, -0.1) is 0 Å². The number of anilines is 2. The Morgan fingerprint density at radius 1 is 1.56 bits per heavy atom. The van der Waals surface area contributed by atoms with Crippen LogP contribution in [0.1, 0.15) is 13.8 Å². The SMILES string of the molecule is CCSCC(C)Nc1nc(NC)ncc1Br. The second-order valence-corrected chi connectivity index (χ2v) is 5.52. The predicted molar refractivity (Wildman–Crippen MR) is 75.4 cm³/mol. The first-order chi connectivity index (χ1) is 7.67. The monoisotopic (exact) mass is 304 g/mol. The molecule has 0 amide bonds. The van der Waals surface area contributed by atoms with E-state index >= 15 is 0 Å². The molecule has 2 N–H and O–H groups in total. The first-order valence-corrected chi connectivity index (χ1v) is 7.16. The fraction of sp³-hybridized carbons (Fsp3) is 0.600. The van der Waals surface area contributed by atoms with Gasteiger partial charge in [0.05, 0.1) is 4.47 Å². The number of hydrogen-bond donors (Lipinski definition) is 2. The Morgan fingerprint density at radius 2 is 2.31 bits per heavy atom. The molecule has 1 atom stereocenters. The van der Waals surface area contributed by atoms with E-state index in [1.54, 1.807) is 6.20 Å². The van der Waals surface area contributed by atoms with E-state index in [0.29, 0.717) is 12.0 Å². The number of hydrogen-bond acceptors (Lipinski definition) is 5. The number of halogens is 1. The summed E-state index contributed by atoms with van der Waals surface area (Å²) in [4.78, 5) is 8.46. The summed E-state index contributed by atoms with van der Waals surface area (Å²) in [6, 6.07) is 0.390. The van der Waals surface area contributed by atoms with Crippen molar-refractivity contribution in [2.45, 2.75) is 19.9 Å². The molecule has 1 rings (SSSR count). The van der Waals surface area contributed by atoms with Crippen molar-refractivity contribution in [3.8, 4) is 0 Å². The Morgan fingerprint density at radius 3 is 2.94 bits per heavy atom. The van der Waals surface area contributed by atoms with Crippen molar-refractivity contribution < 1.29 is 0 Å². The maximum absolute atomic E-state index is 4.35. The summed E-state index contributed by atoms with van der Waals surface area (Å²) in [5, 5.41) is 6.28. The van der Waals surface area contributed by atoms with E-state index in [-0.39, 0.29) is 0 Å². The van der Waals surface area contributed by atoms with Crippen LogP contribution in [-0.4, -0.2) is 34.6 Å². The summed E-state index contributed by atoms with van der Waals surface area (Å²) >= 11 is 5.35. The average molecular weight is 305 g/mol. The minimum atomic E-state index is 0.390. The Kier molecular flexibility index (Phi) is 5.90. The molecule has 1 aromatic rings. The van der Waals surface area contributed by atoms with Gasteiger partial charge in [-0.2, -0.15) is 16.7 Å². The molecule has 0 spiro atoms. The van der Waals surface area contributed by atoms with Crippen LogP contribution in [0.25, 0.3) is 0 Å². The largest absolute Gasteiger partial charge is 0.366 e. The molecule has 0 radical (unpaired) electrons. The van der Waals surface area contributed by atoms with Crippen LogP contribution < -0.4 is 10.6 Å². The highest BCUT2D eigenvalue weighted by Crippen LogP contribution is 2.21. The van der Waals surface area contributed by atoms with Crippen molar-refractivity contribution in [2.24, 2.45) is 0 Å². The highest BCUT2D eigenvalue weighted by molar-refractivity contribution is 9.10. The van der Waals surface area contributed by atoms with E-state index in [4.69, 9.17) is 0 Å². The molecule has 0 saturated heterocycles. The minimum absolute atomic E-state index is 0.390. The Labute approximate surface area is 109 Å². The summed E-state index contributed by atoms with van der Waals surface area (Å²) in [5.41, 5.74) is 0. The second-order valence-electron chi connectivity index (χ2n) is 3.35. The van der Waals surface area contributed by atoms with E-state index in [0.717, 1.165) is 21.8 Å². The average Bonchev–Trinajstić information content (AvgIpc) is 2.29. The van der Waals surface area contributed by atoms with Gasteiger partial charge < -0.3 is 10.6 Å². The van der Waals surface area contributed by atoms with Gasteiger partial charge in [-0.1, -0.05) is 6.92 Å². The normalized spacial score (nSPS) is 12.2. The van der Waals surface area contributed by atoms with Crippen LogP contribution in [0.15, 0.2) is 10.7 Å². The van der Waals surface area contributed by atoms with Crippen LogP contribution in [0.4, 0.5) is 11.8 Å². The number of nitrogens with zero attached hydrogens (tertiary/aromatic N) is 2. The standard InChI is InChI=1S/C10H17BrN4S/c1-4-16-6-7(2)14-9-8(11)5-13-10(12-3)15-9/h5,7H,4,6H2,1-3H3,(H2,12,13,14,15). The van der Waals surface area contributed by atoms with Crippen molar-refractivity contribution in [1.82, 2.24) is 9.97 Å². The lowest BCUT2D eigenvalue weighted by molar-refractivity contribution is 0.897. The molecule has 0 bridgehead atoms. The van der Waals surface area contributed by atoms with Gasteiger partial charge in [0.1, 0.15) is 5.82 Å². The van der Waals surface area contributed by atoms with Crippen LogP contribution in [0, 0.1) is 0 Å². The summed E-state index contributed by atoms with van der Waals surface area (Å²) in [6.07, 6.45) is 1.75. The maximum atomic E-state index is 4.35. The number of rotatable bonds is 6. The summed E-state index contributed by atoms with van der Waals surface area (Å²) in [6.45, 7) is 4.31. The van der Waals surface area contributed by atoms with E-state index in [1.165, 1.54) is 0 Å². The third-order valence-corrected chi connectivity index (χ3v) is 3.65. The van der Waals surface area contributed by atoms with Gasteiger partial charge >= 0.3 is 0 Å². The quantitative estimate of drug-likeness (QED) is 0.846. The molecule has 0 aliphatic heterocycles. The van der Waals surface area contributed by atoms with E-state index in [1.807, 2.05) is 18.8 Å². The van der Waals surface area contributed by atoms with Gasteiger partial charge in [0.2, 0.25) is 5.95 Å². The van der Waals surface area contributed by atoms with Crippen molar-refractivity contribution >= 4 is 39.5 Å². The molecule has 6 heteroatoms. The third kappa shape index (κ3) is 4.17. The van der Waals surface area contributed by atoms with Crippen molar-refractivity contribution in [2.75, 3.05) is 29.2 Å². The zero-order valence-corrected chi connectivity index (χ0v) is 12.2. The Bertz CT molecular complexity index is 335. The first kappa shape index (κ1) is 13.6. The van der Waals surface area contributed by atoms with Gasteiger partial charge in [-0.3, -0.25) is 0 Å². The van der Waals surface area contributed by atoms with Gasteiger partial charge in [-0.05, 0) is 28.6 Å². The fourth-order valence-corrected chi connectivity index (χ4v) is 2.14. The van der Waals surface area contributed by atoms with Crippen molar-refractivity contribution in [3.63, 3.8) is 0 Å². The molecule has 0 aliphatic rings.